The molecule has 19 heteroatoms. The van der Waals surface area contributed by atoms with Gasteiger partial charge in [-0.15, -0.1) is 30.0 Å². The summed E-state index contributed by atoms with van der Waals surface area (Å²) in [6.07, 6.45) is 9.19. The number of methoxy groups -OCH3 is 4. The first kappa shape index (κ1) is 57.1. The number of hydrogen-bond donors (Lipinski definition) is 2. The Morgan fingerprint density at radius 3 is 1.47 bits per heavy atom. The van der Waals surface area contributed by atoms with Crippen LogP contribution < -0.4 is 30.0 Å². The Labute approximate surface area is 495 Å². The maximum absolute atomic E-state index is 13.3. The number of fused-ring (bicyclic) bond motifs is 2. The zero-order valence-electron chi connectivity index (χ0n) is 49.3. The van der Waals surface area contributed by atoms with E-state index in [1.54, 1.807) is 57.9 Å². The van der Waals surface area contributed by atoms with Crippen molar-refractivity contribution in [2.24, 2.45) is 0 Å². The Morgan fingerprint density at radius 1 is 0.541 bits per heavy atom. The van der Waals surface area contributed by atoms with E-state index >= 15 is 0 Å². The Hall–Kier alpha value is -9.72. The number of nitrogens with one attached hydrogen (secondary N) is 1. The molecule has 1 amide bonds. The van der Waals surface area contributed by atoms with E-state index in [0.717, 1.165) is 133 Å². The number of hydrogen-bond acceptors (Lipinski definition) is 15. The van der Waals surface area contributed by atoms with Crippen LogP contribution >= 0.6 is 0 Å². The van der Waals surface area contributed by atoms with Crippen molar-refractivity contribution in [1.82, 2.24) is 59.8 Å². The molecule has 0 unspecified atom stereocenters. The van der Waals surface area contributed by atoms with Gasteiger partial charge in [0.2, 0.25) is 11.6 Å². The number of tetrazole rings is 2. The zero-order chi connectivity index (χ0) is 59.1. The van der Waals surface area contributed by atoms with Gasteiger partial charge in [-0.2, -0.15) is 0 Å². The Bertz CT molecular complexity index is 3970. The lowest BCUT2D eigenvalue weighted by Gasteiger charge is -2.29. The fourth-order valence-electron chi connectivity index (χ4n) is 10.8. The summed E-state index contributed by atoms with van der Waals surface area (Å²) in [5.41, 5.74) is 24.3. The van der Waals surface area contributed by atoms with Gasteiger partial charge >= 0.3 is 0 Å². The molecule has 12 rings (SSSR count). The van der Waals surface area contributed by atoms with Gasteiger partial charge < -0.3 is 34.6 Å². The molecule has 0 fully saturated rings. The number of nitrogens with two attached hydrogens (primary N) is 1. The van der Waals surface area contributed by atoms with Gasteiger partial charge in [-0.3, -0.25) is 14.6 Å². The van der Waals surface area contributed by atoms with Gasteiger partial charge in [0, 0.05) is 79.7 Å². The van der Waals surface area contributed by atoms with Crippen LogP contribution in [0.3, 0.4) is 0 Å². The standard InChI is InChI=1S/C38H38N8O3.C28H32N6O2/c1-25-19-33(34(20-26(25)2)40-38(47)28-7-11-31(12-8-28)45-18-15-39-24-45)37-41-43-46(42-37)32-9-5-27(6-10-32)13-16-44-17-14-29-21-35(48-3)36(49-4)22-30(29)23-44;1-18-13-24(25(29)14-19(18)2)28-30-32-34(31-28)23-7-5-20(6-8-23)9-11-33-12-10-21-15-26(35-3)27(36-4)16-22(21)17-33/h5-12,15,18-22,24H,13-14,16-17,23H2,1-4H3,(H,40,47);5-8,13-16H,9-12,17,29H2,1-4H3. The van der Waals surface area contributed by atoms with Crippen molar-refractivity contribution in [3.63, 3.8) is 0 Å². The van der Waals surface area contributed by atoms with Crippen molar-refractivity contribution in [2.45, 2.75) is 66.5 Å². The van der Waals surface area contributed by atoms with Crippen LogP contribution in [0.5, 0.6) is 23.0 Å². The van der Waals surface area contributed by atoms with Crippen molar-refractivity contribution in [2.75, 3.05) is 65.7 Å². The predicted molar refractivity (Wildman–Crippen MR) is 329 cm³/mol. The van der Waals surface area contributed by atoms with Gasteiger partial charge in [0.05, 0.1) is 51.8 Å². The number of ether oxygens (including phenoxy) is 4. The minimum atomic E-state index is -0.224. The highest BCUT2D eigenvalue weighted by atomic mass is 16.5. The SMILES string of the molecule is COc1cc2c(cc1OC)CN(CCc1ccc(-n3nnc(-c4cc(C)c(C)cc4N)n3)cc1)CC2.COc1cc2c(cc1OC)CN(CCc1ccc(-n3nnc(-c4cc(C)c(C)cc4NC(=O)c4ccc(-n5ccnc5)cc4)n3)cc1)CC2. The van der Waals surface area contributed by atoms with Crippen molar-refractivity contribution >= 4 is 17.3 Å². The van der Waals surface area contributed by atoms with Crippen LogP contribution in [0.4, 0.5) is 11.4 Å². The molecule has 3 N–H and O–H groups in total. The molecule has 0 atom stereocenters. The van der Waals surface area contributed by atoms with E-state index in [1.807, 2.05) is 92.2 Å². The number of carbonyl (C=O) groups excluding carboxylic acids is 1. The second kappa shape index (κ2) is 25.4. The van der Waals surface area contributed by atoms with E-state index in [2.05, 4.69) is 101 Å². The highest BCUT2D eigenvalue weighted by Crippen LogP contribution is 2.36. The van der Waals surface area contributed by atoms with Gasteiger partial charge in [-0.05, 0) is 217 Å². The normalized spacial score (nSPS) is 13.1. The van der Waals surface area contributed by atoms with Gasteiger partial charge in [0.1, 0.15) is 0 Å². The Balaban J connectivity index is 0.000000186. The number of rotatable bonds is 17. The molecule has 0 bridgehead atoms. The summed E-state index contributed by atoms with van der Waals surface area (Å²) < 4.78 is 23.8. The summed E-state index contributed by atoms with van der Waals surface area (Å²) in [5.74, 6) is 3.88. The molecule has 7 aromatic carbocycles. The van der Waals surface area contributed by atoms with Crippen LogP contribution in [0.15, 0.2) is 140 Å². The Kier molecular flexibility index (Phi) is 17.1. The van der Waals surface area contributed by atoms with Crippen LogP contribution in [-0.4, -0.2) is 120 Å². The van der Waals surface area contributed by atoms with Gasteiger partial charge in [-0.1, -0.05) is 24.3 Å². The zero-order valence-corrected chi connectivity index (χ0v) is 49.3. The third kappa shape index (κ3) is 12.9. The lowest BCUT2D eigenvalue weighted by Crippen LogP contribution is -2.32. The highest BCUT2D eigenvalue weighted by molar-refractivity contribution is 6.06. The topological polar surface area (TPSA) is 204 Å². The fourth-order valence-corrected chi connectivity index (χ4v) is 10.8. The lowest BCUT2D eigenvalue weighted by atomic mass is 9.98. The summed E-state index contributed by atoms with van der Waals surface area (Å²) in [5, 5.41) is 29.5. The van der Waals surface area contributed by atoms with E-state index in [1.165, 1.54) is 38.2 Å². The van der Waals surface area contributed by atoms with Crippen LogP contribution in [0, 0.1) is 27.7 Å². The number of aryl methyl sites for hydroxylation is 4. The van der Waals surface area contributed by atoms with Gasteiger partial charge in [0.25, 0.3) is 5.91 Å². The minimum Gasteiger partial charge on any atom is -0.493 e. The number of nitrogen functional groups attached to an aromatic ring is 1. The molecular weight excluding hydrogens is 1070 g/mol. The molecule has 5 heterocycles. The van der Waals surface area contributed by atoms with Crippen molar-refractivity contribution < 1.29 is 23.7 Å². The van der Waals surface area contributed by atoms with Gasteiger partial charge in [0.15, 0.2) is 23.0 Å². The molecule has 2 aliphatic heterocycles. The molecule has 0 aliphatic carbocycles. The Morgan fingerprint density at radius 2 is 0.988 bits per heavy atom. The van der Waals surface area contributed by atoms with E-state index in [0.29, 0.717) is 34.2 Å². The molecule has 2 aliphatic rings. The number of amides is 1. The number of imidazole rings is 1. The van der Waals surface area contributed by atoms with Gasteiger partial charge in [-0.25, -0.2) is 4.98 Å². The predicted octanol–water partition coefficient (Wildman–Crippen LogP) is 10.1. The number of carbonyl (C=O) groups is 1. The summed E-state index contributed by atoms with van der Waals surface area (Å²) in [6, 6.07) is 40.3. The first-order chi connectivity index (χ1) is 41.3. The van der Waals surface area contributed by atoms with Crippen molar-refractivity contribution in [3.8, 4) is 62.8 Å². The van der Waals surface area contributed by atoms with Crippen molar-refractivity contribution in [3.05, 3.63) is 201 Å². The second-order valence-corrected chi connectivity index (χ2v) is 21.6. The summed E-state index contributed by atoms with van der Waals surface area (Å²) in [7, 11) is 6.72. The average Bonchev–Trinajstić information content (AvgIpc) is 4.59. The first-order valence-electron chi connectivity index (χ1n) is 28.4. The fraction of sp³-hybridized carbons (Fsp3) is 0.273. The number of benzene rings is 7. The largest absolute Gasteiger partial charge is 0.493 e. The van der Waals surface area contributed by atoms with Crippen LogP contribution in [0.2, 0.25) is 0 Å². The van der Waals surface area contributed by atoms with Crippen LogP contribution in [0.25, 0.3) is 39.8 Å². The maximum Gasteiger partial charge on any atom is 0.255 e. The van der Waals surface area contributed by atoms with E-state index in [4.69, 9.17) is 29.8 Å². The smallest absolute Gasteiger partial charge is 0.255 e. The maximum atomic E-state index is 13.3. The monoisotopic (exact) mass is 1140 g/mol. The average molecular weight is 1140 g/mol. The minimum absolute atomic E-state index is 0.224. The van der Waals surface area contributed by atoms with Crippen molar-refractivity contribution in [1.29, 1.82) is 0 Å². The molecule has 0 spiro atoms. The molecule has 85 heavy (non-hydrogen) atoms. The lowest BCUT2D eigenvalue weighted by molar-refractivity contribution is 0.102. The summed E-state index contributed by atoms with van der Waals surface area (Å²) >= 11 is 0. The molecular formula is C66H70N14O5. The number of aromatic nitrogens is 10. The molecule has 0 saturated carbocycles. The second-order valence-electron chi connectivity index (χ2n) is 21.6. The number of anilines is 2. The summed E-state index contributed by atoms with van der Waals surface area (Å²) in [6.45, 7) is 13.9. The quantitative estimate of drug-likeness (QED) is 0.0815. The van der Waals surface area contributed by atoms with E-state index in [-0.39, 0.29) is 5.91 Å². The van der Waals surface area contributed by atoms with E-state index < -0.39 is 0 Å². The molecule has 19 nitrogen and oxygen atoms in total. The van der Waals surface area contributed by atoms with Crippen LogP contribution in [-0.2, 0) is 38.8 Å². The third-order valence-corrected chi connectivity index (χ3v) is 16.2. The molecule has 0 radical (unpaired) electrons. The molecule has 434 valence electrons. The highest BCUT2D eigenvalue weighted by Gasteiger charge is 2.23. The van der Waals surface area contributed by atoms with Crippen LogP contribution in [0.1, 0.15) is 66.0 Å². The first-order valence-corrected chi connectivity index (χ1v) is 28.4. The van der Waals surface area contributed by atoms with E-state index in [9.17, 15) is 4.79 Å². The summed E-state index contributed by atoms with van der Waals surface area (Å²) in [4.78, 5) is 25.4. The number of nitrogens with zero attached hydrogens (tertiary/aromatic N) is 12. The third-order valence-electron chi connectivity index (χ3n) is 16.2. The molecule has 10 aromatic rings. The molecule has 0 saturated heterocycles. The molecule has 3 aromatic heterocycles.